The van der Waals surface area contributed by atoms with E-state index in [4.69, 9.17) is 16.3 Å². The zero-order valence-electron chi connectivity index (χ0n) is 9.97. The number of aldehydes is 1. The molecule has 18 heavy (non-hydrogen) atoms. The zero-order valence-corrected chi connectivity index (χ0v) is 10.7. The van der Waals surface area contributed by atoms with Crippen LogP contribution in [0.25, 0.3) is 0 Å². The van der Waals surface area contributed by atoms with Crippen molar-refractivity contribution in [1.82, 2.24) is 9.78 Å². The molecule has 2 aromatic rings. The van der Waals surface area contributed by atoms with Gasteiger partial charge in [-0.2, -0.15) is 5.10 Å². The van der Waals surface area contributed by atoms with Crippen molar-refractivity contribution in [1.29, 1.82) is 0 Å². The van der Waals surface area contributed by atoms with E-state index in [1.165, 1.54) is 0 Å². The first kappa shape index (κ1) is 12.6. The van der Waals surface area contributed by atoms with Gasteiger partial charge in [0.1, 0.15) is 5.75 Å². The highest BCUT2D eigenvalue weighted by Crippen LogP contribution is 2.27. The standard InChI is InChI=1S/C13H13ClN2O2/c1-16-8-10(7-15-16)5-6-18-13-11(9-17)3-2-4-12(13)14/h2-4,7-9H,5-6H2,1H3. The van der Waals surface area contributed by atoms with Gasteiger partial charge in [0.15, 0.2) is 6.29 Å². The van der Waals surface area contributed by atoms with Gasteiger partial charge in [0.05, 0.1) is 23.4 Å². The minimum atomic E-state index is 0.443. The third-order valence-corrected chi connectivity index (χ3v) is 2.82. The van der Waals surface area contributed by atoms with Crippen LogP contribution in [0.2, 0.25) is 5.02 Å². The summed E-state index contributed by atoms with van der Waals surface area (Å²) in [6.45, 7) is 0.455. The summed E-state index contributed by atoms with van der Waals surface area (Å²) in [6.07, 6.45) is 5.18. The number of carbonyl (C=O) groups excluding carboxylic acids is 1. The first-order valence-electron chi connectivity index (χ1n) is 5.54. The average Bonchev–Trinajstić information content (AvgIpc) is 2.77. The summed E-state index contributed by atoms with van der Waals surface area (Å²) in [6, 6.07) is 5.10. The number of benzene rings is 1. The predicted octanol–water partition coefficient (Wildman–Crippen LogP) is 2.51. The maximum atomic E-state index is 10.9. The molecule has 94 valence electrons. The molecule has 0 saturated heterocycles. The zero-order chi connectivity index (χ0) is 13.0. The monoisotopic (exact) mass is 264 g/mol. The van der Waals surface area contributed by atoms with Gasteiger partial charge in [0.2, 0.25) is 0 Å². The number of ether oxygens (including phenoxy) is 1. The van der Waals surface area contributed by atoms with Crippen molar-refractivity contribution in [3.05, 3.63) is 46.7 Å². The van der Waals surface area contributed by atoms with E-state index < -0.39 is 0 Å². The molecule has 4 nitrogen and oxygen atoms in total. The third kappa shape index (κ3) is 2.90. The fourth-order valence-electron chi connectivity index (χ4n) is 1.64. The maximum Gasteiger partial charge on any atom is 0.153 e. The van der Waals surface area contributed by atoms with Crippen LogP contribution in [0.15, 0.2) is 30.6 Å². The summed E-state index contributed by atoms with van der Waals surface area (Å²) >= 11 is 5.99. The highest BCUT2D eigenvalue weighted by molar-refractivity contribution is 6.32. The average molecular weight is 265 g/mol. The van der Waals surface area contributed by atoms with E-state index in [-0.39, 0.29) is 0 Å². The lowest BCUT2D eigenvalue weighted by atomic mass is 10.2. The van der Waals surface area contributed by atoms with Crippen LogP contribution in [0.5, 0.6) is 5.75 Å². The van der Waals surface area contributed by atoms with Gasteiger partial charge in [-0.25, -0.2) is 0 Å². The molecule has 0 spiro atoms. The Morgan fingerprint density at radius 1 is 1.50 bits per heavy atom. The predicted molar refractivity (Wildman–Crippen MR) is 69.2 cm³/mol. The molecule has 0 atom stereocenters. The summed E-state index contributed by atoms with van der Waals surface area (Å²) in [5.41, 5.74) is 1.55. The molecule has 0 bridgehead atoms. The molecule has 0 aliphatic heterocycles. The van der Waals surface area contributed by atoms with Gasteiger partial charge < -0.3 is 4.74 Å². The molecule has 0 radical (unpaired) electrons. The van der Waals surface area contributed by atoms with Crippen LogP contribution < -0.4 is 4.74 Å². The van der Waals surface area contributed by atoms with Crippen molar-refractivity contribution < 1.29 is 9.53 Å². The molecular weight excluding hydrogens is 252 g/mol. The molecule has 1 aromatic carbocycles. The van der Waals surface area contributed by atoms with E-state index in [0.29, 0.717) is 22.9 Å². The second-order valence-corrected chi connectivity index (χ2v) is 4.30. The number of hydrogen-bond acceptors (Lipinski definition) is 3. The van der Waals surface area contributed by atoms with E-state index in [1.807, 2.05) is 13.2 Å². The Morgan fingerprint density at radius 2 is 2.33 bits per heavy atom. The molecule has 0 aliphatic rings. The van der Waals surface area contributed by atoms with E-state index in [1.54, 1.807) is 29.1 Å². The number of aromatic nitrogens is 2. The van der Waals surface area contributed by atoms with Crippen molar-refractivity contribution in [2.24, 2.45) is 7.05 Å². The SMILES string of the molecule is Cn1cc(CCOc2c(Cl)cccc2C=O)cn1. The summed E-state index contributed by atoms with van der Waals surface area (Å²) in [4.78, 5) is 10.9. The van der Waals surface area contributed by atoms with Crippen LogP contribution in [0.1, 0.15) is 15.9 Å². The van der Waals surface area contributed by atoms with Gasteiger partial charge in [-0.15, -0.1) is 0 Å². The van der Waals surface area contributed by atoms with Gasteiger partial charge in [0.25, 0.3) is 0 Å². The van der Waals surface area contributed by atoms with Crippen LogP contribution in [-0.4, -0.2) is 22.7 Å². The van der Waals surface area contributed by atoms with Crippen molar-refractivity contribution >= 4 is 17.9 Å². The smallest absolute Gasteiger partial charge is 0.153 e. The number of aryl methyl sites for hydroxylation is 1. The topological polar surface area (TPSA) is 44.1 Å². The molecule has 1 heterocycles. The number of carbonyl (C=O) groups is 1. The minimum Gasteiger partial charge on any atom is -0.491 e. The van der Waals surface area contributed by atoms with Crippen LogP contribution >= 0.6 is 11.6 Å². The molecule has 0 saturated carbocycles. The molecule has 1 aromatic heterocycles. The van der Waals surface area contributed by atoms with E-state index in [0.717, 1.165) is 18.3 Å². The van der Waals surface area contributed by atoms with Gasteiger partial charge >= 0.3 is 0 Å². The highest BCUT2D eigenvalue weighted by Gasteiger charge is 2.07. The molecule has 0 aliphatic carbocycles. The largest absolute Gasteiger partial charge is 0.491 e. The number of nitrogens with zero attached hydrogens (tertiary/aromatic N) is 2. The Hall–Kier alpha value is -1.81. The number of hydrogen-bond donors (Lipinski definition) is 0. The summed E-state index contributed by atoms with van der Waals surface area (Å²) in [7, 11) is 1.86. The van der Waals surface area contributed by atoms with Gasteiger partial charge in [0, 0.05) is 19.7 Å². The van der Waals surface area contributed by atoms with E-state index in [2.05, 4.69) is 5.10 Å². The molecule has 2 rings (SSSR count). The Kier molecular flexibility index (Phi) is 3.99. The number of para-hydroxylation sites is 1. The maximum absolute atomic E-state index is 10.9. The van der Waals surface area contributed by atoms with E-state index >= 15 is 0 Å². The highest BCUT2D eigenvalue weighted by atomic mass is 35.5. The quantitative estimate of drug-likeness (QED) is 0.780. The van der Waals surface area contributed by atoms with E-state index in [9.17, 15) is 4.79 Å². The Balaban J connectivity index is 2.00. The van der Waals surface area contributed by atoms with Crippen LogP contribution in [0.3, 0.4) is 0 Å². The lowest BCUT2D eigenvalue weighted by Crippen LogP contribution is -2.03. The molecule has 0 amide bonds. The molecule has 0 unspecified atom stereocenters. The lowest BCUT2D eigenvalue weighted by Gasteiger charge is -2.09. The summed E-state index contributed by atoms with van der Waals surface area (Å²) in [5, 5.41) is 4.52. The Labute approximate surface area is 110 Å². The van der Waals surface area contributed by atoms with Crippen LogP contribution in [0.4, 0.5) is 0 Å². The second-order valence-electron chi connectivity index (χ2n) is 3.90. The first-order valence-corrected chi connectivity index (χ1v) is 5.92. The summed E-state index contributed by atoms with van der Waals surface area (Å²) in [5.74, 6) is 0.443. The molecule has 5 heteroatoms. The first-order chi connectivity index (χ1) is 8.70. The fraction of sp³-hybridized carbons (Fsp3) is 0.231. The Bertz CT molecular complexity index is 552. The lowest BCUT2D eigenvalue weighted by molar-refractivity contribution is 0.111. The molecule has 0 fully saturated rings. The van der Waals surface area contributed by atoms with Crippen molar-refractivity contribution in [3.8, 4) is 5.75 Å². The van der Waals surface area contributed by atoms with Gasteiger partial charge in [-0.3, -0.25) is 9.48 Å². The van der Waals surface area contributed by atoms with Crippen molar-refractivity contribution in [2.45, 2.75) is 6.42 Å². The summed E-state index contributed by atoms with van der Waals surface area (Å²) < 4.78 is 7.31. The molecular formula is C13H13ClN2O2. The number of rotatable bonds is 5. The van der Waals surface area contributed by atoms with Gasteiger partial charge in [-0.1, -0.05) is 17.7 Å². The second kappa shape index (κ2) is 5.69. The fourth-order valence-corrected chi connectivity index (χ4v) is 1.88. The van der Waals surface area contributed by atoms with Crippen molar-refractivity contribution in [2.75, 3.05) is 6.61 Å². The number of halogens is 1. The minimum absolute atomic E-state index is 0.443. The third-order valence-electron chi connectivity index (χ3n) is 2.52. The van der Waals surface area contributed by atoms with Gasteiger partial charge in [-0.05, 0) is 17.7 Å². The van der Waals surface area contributed by atoms with Crippen LogP contribution in [0, 0.1) is 0 Å². The van der Waals surface area contributed by atoms with Crippen LogP contribution in [-0.2, 0) is 13.5 Å². The Morgan fingerprint density at radius 3 is 3.00 bits per heavy atom. The van der Waals surface area contributed by atoms with Crippen molar-refractivity contribution in [3.63, 3.8) is 0 Å². The normalized spacial score (nSPS) is 10.3. The molecule has 0 N–H and O–H groups in total.